The van der Waals surface area contributed by atoms with Crippen LogP contribution in [0.5, 0.6) is 0 Å². The molecule has 7 heteroatoms. The summed E-state index contributed by atoms with van der Waals surface area (Å²) < 4.78 is 0. The van der Waals surface area contributed by atoms with Crippen LogP contribution in [0, 0.1) is 0 Å². The van der Waals surface area contributed by atoms with Gasteiger partial charge < -0.3 is 16.4 Å². The highest BCUT2D eigenvalue weighted by Gasteiger charge is 2.54. The van der Waals surface area contributed by atoms with Gasteiger partial charge in [0, 0.05) is 0 Å². The first-order valence-corrected chi connectivity index (χ1v) is 7.76. The lowest BCUT2D eigenvalue weighted by Crippen LogP contribution is -2.48. The van der Waals surface area contributed by atoms with Crippen molar-refractivity contribution in [3.63, 3.8) is 0 Å². The standard InChI is InChI=1S/C16H20N4O3/c1-10(13(21)18-12-7-3-2-6-11(12)17)20-14(22)16(19-15(20)23)8-4-5-9-16/h2-3,6-7,10H,4-5,8-9,17H2,1H3,(H,18,21)(H,19,23). The summed E-state index contributed by atoms with van der Waals surface area (Å²) in [6.45, 7) is 1.54. The molecular formula is C16H20N4O3. The zero-order valence-electron chi connectivity index (χ0n) is 13.0. The Morgan fingerprint density at radius 1 is 1.30 bits per heavy atom. The molecule has 0 aromatic heterocycles. The molecule has 1 saturated heterocycles. The van der Waals surface area contributed by atoms with Crippen molar-refractivity contribution in [3.05, 3.63) is 24.3 Å². The molecule has 1 atom stereocenters. The lowest BCUT2D eigenvalue weighted by atomic mass is 9.97. The number of rotatable bonds is 3. The zero-order chi connectivity index (χ0) is 16.6. The minimum Gasteiger partial charge on any atom is -0.397 e. The van der Waals surface area contributed by atoms with Crippen LogP contribution in [0.2, 0.25) is 0 Å². The van der Waals surface area contributed by atoms with Crippen LogP contribution in [0.4, 0.5) is 16.2 Å². The number of nitrogen functional groups attached to an aromatic ring is 1. The van der Waals surface area contributed by atoms with Crippen LogP contribution in [0.25, 0.3) is 0 Å². The summed E-state index contributed by atoms with van der Waals surface area (Å²) in [5.74, 6) is -0.745. The Morgan fingerprint density at radius 2 is 1.96 bits per heavy atom. The van der Waals surface area contributed by atoms with Crippen LogP contribution in [0.15, 0.2) is 24.3 Å². The lowest BCUT2D eigenvalue weighted by Gasteiger charge is -2.23. The molecule has 1 aromatic carbocycles. The number of imide groups is 1. The molecule has 7 nitrogen and oxygen atoms in total. The molecule has 0 radical (unpaired) electrons. The molecule has 4 N–H and O–H groups in total. The maximum atomic E-state index is 12.6. The van der Waals surface area contributed by atoms with Crippen molar-refractivity contribution in [2.75, 3.05) is 11.1 Å². The number of amides is 4. The van der Waals surface area contributed by atoms with Gasteiger partial charge in [0.05, 0.1) is 11.4 Å². The SMILES string of the molecule is CC(C(=O)Nc1ccccc1N)N1C(=O)NC2(CCCC2)C1=O. The number of urea groups is 1. The fraction of sp³-hybridized carbons (Fsp3) is 0.438. The number of para-hydroxylation sites is 2. The summed E-state index contributed by atoms with van der Waals surface area (Å²) in [4.78, 5) is 38.3. The average Bonchev–Trinajstić information content (AvgIpc) is 3.07. The topological polar surface area (TPSA) is 105 Å². The van der Waals surface area contributed by atoms with Crippen LogP contribution < -0.4 is 16.4 Å². The van der Waals surface area contributed by atoms with Crippen molar-refractivity contribution in [1.82, 2.24) is 10.2 Å². The van der Waals surface area contributed by atoms with Crippen LogP contribution in [0.3, 0.4) is 0 Å². The monoisotopic (exact) mass is 316 g/mol. The lowest BCUT2D eigenvalue weighted by molar-refractivity contribution is -0.136. The van der Waals surface area contributed by atoms with Crippen molar-refractivity contribution in [3.8, 4) is 0 Å². The van der Waals surface area contributed by atoms with E-state index >= 15 is 0 Å². The molecule has 1 saturated carbocycles. The number of nitrogens with two attached hydrogens (primary N) is 1. The quantitative estimate of drug-likeness (QED) is 0.580. The maximum absolute atomic E-state index is 12.6. The second kappa shape index (κ2) is 5.57. The molecule has 23 heavy (non-hydrogen) atoms. The Labute approximate surface area is 134 Å². The number of nitrogens with one attached hydrogen (secondary N) is 2. The summed E-state index contributed by atoms with van der Waals surface area (Å²) in [6.07, 6.45) is 3.07. The van der Waals surface area contributed by atoms with Crippen LogP contribution >= 0.6 is 0 Å². The number of hydrogen-bond donors (Lipinski definition) is 3. The molecule has 122 valence electrons. The number of carbonyl (C=O) groups excluding carboxylic acids is 3. The van der Waals surface area contributed by atoms with Gasteiger partial charge in [-0.2, -0.15) is 0 Å². The van der Waals surface area contributed by atoms with Gasteiger partial charge >= 0.3 is 6.03 Å². The molecule has 3 rings (SSSR count). The number of anilines is 2. The molecule has 1 unspecified atom stereocenters. The van der Waals surface area contributed by atoms with E-state index in [0.717, 1.165) is 17.7 Å². The van der Waals surface area contributed by atoms with Crippen LogP contribution in [-0.4, -0.2) is 34.3 Å². The smallest absolute Gasteiger partial charge is 0.325 e. The van der Waals surface area contributed by atoms with Gasteiger partial charge in [0.25, 0.3) is 5.91 Å². The number of benzene rings is 1. The van der Waals surface area contributed by atoms with Crippen molar-refractivity contribution >= 4 is 29.2 Å². The predicted molar refractivity (Wildman–Crippen MR) is 85.5 cm³/mol. The fourth-order valence-corrected chi connectivity index (χ4v) is 3.28. The van der Waals surface area contributed by atoms with E-state index < -0.39 is 23.5 Å². The molecule has 0 bridgehead atoms. The molecule has 4 amide bonds. The third kappa shape index (κ3) is 2.52. The highest BCUT2D eigenvalue weighted by Crippen LogP contribution is 2.35. The summed E-state index contributed by atoms with van der Waals surface area (Å²) in [6, 6.07) is 5.45. The Bertz CT molecular complexity index is 667. The predicted octanol–water partition coefficient (Wildman–Crippen LogP) is 1.46. The number of hydrogen-bond acceptors (Lipinski definition) is 4. The van der Waals surface area contributed by atoms with Gasteiger partial charge in [-0.05, 0) is 31.9 Å². The normalized spacial score (nSPS) is 20.7. The second-order valence-electron chi connectivity index (χ2n) is 6.15. The first-order chi connectivity index (χ1) is 10.9. The van der Waals surface area contributed by atoms with Gasteiger partial charge in [-0.3, -0.25) is 9.59 Å². The molecule has 1 heterocycles. The van der Waals surface area contributed by atoms with E-state index in [2.05, 4.69) is 10.6 Å². The van der Waals surface area contributed by atoms with Crippen LogP contribution in [-0.2, 0) is 9.59 Å². The molecule has 2 fully saturated rings. The molecule has 1 spiro atoms. The van der Waals surface area contributed by atoms with E-state index in [1.165, 1.54) is 0 Å². The Morgan fingerprint density at radius 3 is 2.61 bits per heavy atom. The van der Waals surface area contributed by atoms with E-state index in [4.69, 9.17) is 5.73 Å². The number of carbonyl (C=O) groups is 3. The summed E-state index contributed by atoms with van der Waals surface area (Å²) in [7, 11) is 0. The van der Waals surface area contributed by atoms with Gasteiger partial charge in [0.1, 0.15) is 11.6 Å². The largest absolute Gasteiger partial charge is 0.397 e. The third-order valence-corrected chi connectivity index (χ3v) is 4.64. The van der Waals surface area contributed by atoms with E-state index in [1.54, 1.807) is 31.2 Å². The molecule has 1 aliphatic heterocycles. The van der Waals surface area contributed by atoms with Gasteiger partial charge in [0.15, 0.2) is 0 Å². The van der Waals surface area contributed by atoms with Crippen molar-refractivity contribution in [1.29, 1.82) is 0 Å². The third-order valence-electron chi connectivity index (χ3n) is 4.64. The zero-order valence-corrected chi connectivity index (χ0v) is 13.0. The van der Waals surface area contributed by atoms with E-state index in [9.17, 15) is 14.4 Å². The Hall–Kier alpha value is -2.57. The molecule has 1 aliphatic carbocycles. The summed E-state index contributed by atoms with van der Waals surface area (Å²) in [5, 5.41) is 5.44. The minimum absolute atomic E-state index is 0.302. The van der Waals surface area contributed by atoms with Crippen LogP contribution in [0.1, 0.15) is 32.6 Å². The van der Waals surface area contributed by atoms with Crippen molar-refractivity contribution < 1.29 is 14.4 Å². The maximum Gasteiger partial charge on any atom is 0.325 e. The van der Waals surface area contributed by atoms with Gasteiger partial charge in [-0.1, -0.05) is 25.0 Å². The Kier molecular flexibility index (Phi) is 3.71. The molecule has 2 aliphatic rings. The number of nitrogens with zero attached hydrogens (tertiary/aromatic N) is 1. The second-order valence-corrected chi connectivity index (χ2v) is 6.15. The first-order valence-electron chi connectivity index (χ1n) is 7.76. The summed E-state index contributed by atoms with van der Waals surface area (Å²) in [5.41, 5.74) is 5.88. The summed E-state index contributed by atoms with van der Waals surface area (Å²) >= 11 is 0. The Balaban J connectivity index is 1.76. The van der Waals surface area contributed by atoms with Gasteiger partial charge in [-0.15, -0.1) is 0 Å². The van der Waals surface area contributed by atoms with Gasteiger partial charge in [0.2, 0.25) is 5.91 Å². The van der Waals surface area contributed by atoms with Gasteiger partial charge in [-0.25, -0.2) is 9.69 Å². The molecular weight excluding hydrogens is 296 g/mol. The van der Waals surface area contributed by atoms with Crippen molar-refractivity contribution in [2.45, 2.75) is 44.2 Å². The fourth-order valence-electron chi connectivity index (χ4n) is 3.28. The van der Waals surface area contributed by atoms with E-state index in [1.807, 2.05) is 0 Å². The van der Waals surface area contributed by atoms with Crippen molar-refractivity contribution in [2.24, 2.45) is 0 Å². The minimum atomic E-state index is -0.901. The average molecular weight is 316 g/mol. The highest BCUT2D eigenvalue weighted by atomic mass is 16.2. The first kappa shape index (κ1) is 15.3. The highest BCUT2D eigenvalue weighted by molar-refractivity contribution is 6.11. The van der Waals surface area contributed by atoms with E-state index in [-0.39, 0.29) is 5.91 Å². The molecule has 1 aromatic rings. The van der Waals surface area contributed by atoms with E-state index in [0.29, 0.717) is 24.2 Å².